The molecule has 0 radical (unpaired) electrons. The molecule has 0 amide bonds. The Morgan fingerprint density at radius 3 is 2.61 bits per heavy atom. The molecule has 0 fully saturated rings. The summed E-state index contributed by atoms with van der Waals surface area (Å²) in [6.07, 6.45) is 3.16. The number of thiazole rings is 1. The first-order chi connectivity index (χ1) is 8.60. The maximum absolute atomic E-state index is 12.1. The van der Waals surface area contributed by atoms with Crippen LogP contribution >= 0.6 is 11.3 Å². The minimum Gasteiger partial charge on any atom is -0.293 e. The second kappa shape index (κ2) is 5.40. The van der Waals surface area contributed by atoms with Crippen molar-refractivity contribution in [2.45, 2.75) is 33.6 Å². The van der Waals surface area contributed by atoms with Crippen molar-refractivity contribution in [2.75, 3.05) is 0 Å². The standard InChI is InChI=1S/C14H16N2OS/c1-4-11-5-6-12(15-8-11)7-13(17)14-9(2)16-10(3)18-14/h5-6,8H,4,7H2,1-3H3. The van der Waals surface area contributed by atoms with Gasteiger partial charge in [-0.1, -0.05) is 13.0 Å². The van der Waals surface area contributed by atoms with E-state index in [1.54, 1.807) is 0 Å². The van der Waals surface area contributed by atoms with E-state index in [-0.39, 0.29) is 5.78 Å². The average Bonchev–Trinajstić information content (AvgIpc) is 2.69. The van der Waals surface area contributed by atoms with Gasteiger partial charge in [0, 0.05) is 11.9 Å². The highest BCUT2D eigenvalue weighted by Gasteiger charge is 2.14. The third-order valence-electron chi connectivity index (χ3n) is 2.79. The Morgan fingerprint density at radius 2 is 2.11 bits per heavy atom. The molecule has 0 aliphatic rings. The minimum absolute atomic E-state index is 0.106. The van der Waals surface area contributed by atoms with Gasteiger partial charge >= 0.3 is 0 Å². The fourth-order valence-corrected chi connectivity index (χ4v) is 2.66. The molecule has 0 aromatic carbocycles. The largest absolute Gasteiger partial charge is 0.293 e. The lowest BCUT2D eigenvalue weighted by molar-refractivity contribution is 0.0995. The van der Waals surface area contributed by atoms with Gasteiger partial charge in [0.2, 0.25) is 0 Å². The number of rotatable bonds is 4. The minimum atomic E-state index is 0.106. The molecule has 2 aromatic heterocycles. The molecule has 0 bridgehead atoms. The number of aryl methyl sites for hydroxylation is 3. The van der Waals surface area contributed by atoms with Crippen molar-refractivity contribution >= 4 is 17.1 Å². The molecule has 0 spiro atoms. The highest BCUT2D eigenvalue weighted by molar-refractivity contribution is 7.13. The van der Waals surface area contributed by atoms with Crippen LogP contribution in [0.15, 0.2) is 18.3 Å². The summed E-state index contributed by atoms with van der Waals surface area (Å²) in [7, 11) is 0. The van der Waals surface area contributed by atoms with E-state index in [4.69, 9.17) is 0 Å². The molecular weight excluding hydrogens is 244 g/mol. The fourth-order valence-electron chi connectivity index (χ4n) is 1.80. The summed E-state index contributed by atoms with van der Waals surface area (Å²) >= 11 is 1.46. The van der Waals surface area contributed by atoms with Crippen molar-refractivity contribution in [3.63, 3.8) is 0 Å². The Balaban J connectivity index is 2.13. The van der Waals surface area contributed by atoms with Crippen LogP contribution in [-0.4, -0.2) is 15.8 Å². The van der Waals surface area contributed by atoms with Crippen LogP contribution in [0.5, 0.6) is 0 Å². The smallest absolute Gasteiger partial charge is 0.180 e. The Bertz CT molecular complexity index is 558. The zero-order valence-electron chi connectivity index (χ0n) is 10.9. The zero-order chi connectivity index (χ0) is 13.1. The van der Waals surface area contributed by atoms with E-state index in [1.807, 2.05) is 32.2 Å². The van der Waals surface area contributed by atoms with Gasteiger partial charge in [-0.25, -0.2) is 4.98 Å². The highest BCUT2D eigenvalue weighted by Crippen LogP contribution is 2.19. The second-order valence-corrected chi connectivity index (χ2v) is 5.46. The van der Waals surface area contributed by atoms with Crippen LogP contribution in [0.1, 0.15) is 38.6 Å². The van der Waals surface area contributed by atoms with Gasteiger partial charge in [-0.3, -0.25) is 9.78 Å². The molecule has 4 heteroatoms. The maximum atomic E-state index is 12.1. The number of carbonyl (C=O) groups excluding carboxylic acids is 1. The number of hydrogen-bond acceptors (Lipinski definition) is 4. The van der Waals surface area contributed by atoms with Crippen LogP contribution in [-0.2, 0) is 12.8 Å². The van der Waals surface area contributed by atoms with Crippen LogP contribution in [0.2, 0.25) is 0 Å². The van der Waals surface area contributed by atoms with Gasteiger partial charge in [0.25, 0.3) is 0 Å². The number of aromatic nitrogens is 2. The normalized spacial score (nSPS) is 10.6. The van der Waals surface area contributed by atoms with Crippen molar-refractivity contribution in [2.24, 2.45) is 0 Å². The van der Waals surface area contributed by atoms with Crippen LogP contribution < -0.4 is 0 Å². The summed E-state index contributed by atoms with van der Waals surface area (Å²) < 4.78 is 0. The third-order valence-corrected chi connectivity index (χ3v) is 3.91. The van der Waals surface area contributed by atoms with E-state index in [0.29, 0.717) is 6.42 Å². The molecule has 94 valence electrons. The number of carbonyl (C=O) groups is 1. The number of nitrogens with zero attached hydrogens (tertiary/aromatic N) is 2. The van der Waals surface area contributed by atoms with Crippen molar-refractivity contribution < 1.29 is 4.79 Å². The molecule has 0 atom stereocenters. The quantitative estimate of drug-likeness (QED) is 0.793. The third kappa shape index (κ3) is 2.82. The van der Waals surface area contributed by atoms with Gasteiger partial charge in [0.15, 0.2) is 5.78 Å². The van der Waals surface area contributed by atoms with Crippen molar-refractivity contribution in [3.8, 4) is 0 Å². The van der Waals surface area contributed by atoms with E-state index >= 15 is 0 Å². The highest BCUT2D eigenvalue weighted by atomic mass is 32.1. The topological polar surface area (TPSA) is 42.9 Å². The summed E-state index contributed by atoms with van der Waals surface area (Å²) in [4.78, 5) is 21.5. The van der Waals surface area contributed by atoms with Crippen LogP contribution in [0.4, 0.5) is 0 Å². The molecule has 0 saturated carbocycles. The molecule has 3 nitrogen and oxygen atoms in total. The molecule has 0 aliphatic heterocycles. The first-order valence-corrected chi connectivity index (χ1v) is 6.83. The molecule has 0 aliphatic carbocycles. The van der Waals surface area contributed by atoms with Crippen LogP contribution in [0.3, 0.4) is 0 Å². The first kappa shape index (κ1) is 12.9. The van der Waals surface area contributed by atoms with E-state index in [2.05, 4.69) is 16.9 Å². The Morgan fingerprint density at radius 1 is 1.33 bits per heavy atom. The zero-order valence-corrected chi connectivity index (χ0v) is 11.7. The van der Waals surface area contributed by atoms with Gasteiger partial charge in [-0.05, 0) is 31.9 Å². The van der Waals surface area contributed by atoms with Crippen molar-refractivity contribution in [1.29, 1.82) is 0 Å². The van der Waals surface area contributed by atoms with Crippen LogP contribution in [0, 0.1) is 13.8 Å². The molecule has 2 heterocycles. The lowest BCUT2D eigenvalue weighted by Gasteiger charge is -2.01. The SMILES string of the molecule is CCc1ccc(CC(=O)c2sc(C)nc2C)nc1. The summed E-state index contributed by atoms with van der Waals surface area (Å²) in [6, 6.07) is 3.96. The lowest BCUT2D eigenvalue weighted by Crippen LogP contribution is -2.05. The van der Waals surface area contributed by atoms with Gasteiger partial charge in [0.1, 0.15) is 0 Å². The van der Waals surface area contributed by atoms with E-state index in [9.17, 15) is 4.79 Å². The molecule has 18 heavy (non-hydrogen) atoms. The van der Waals surface area contributed by atoms with Gasteiger partial charge in [-0.2, -0.15) is 0 Å². The van der Waals surface area contributed by atoms with E-state index in [1.165, 1.54) is 16.9 Å². The van der Waals surface area contributed by atoms with Crippen molar-refractivity contribution in [3.05, 3.63) is 45.2 Å². The Kier molecular flexibility index (Phi) is 3.87. The van der Waals surface area contributed by atoms with Gasteiger partial charge in [0.05, 0.1) is 22.0 Å². The molecule has 0 saturated heterocycles. The summed E-state index contributed by atoms with van der Waals surface area (Å²) in [5, 5.41) is 0.935. The first-order valence-electron chi connectivity index (χ1n) is 6.01. The molecule has 2 rings (SSSR count). The number of ketones is 1. The average molecular weight is 260 g/mol. The Hall–Kier alpha value is -1.55. The van der Waals surface area contributed by atoms with E-state index < -0.39 is 0 Å². The van der Waals surface area contributed by atoms with Crippen molar-refractivity contribution in [1.82, 2.24) is 9.97 Å². The van der Waals surface area contributed by atoms with Crippen LogP contribution in [0.25, 0.3) is 0 Å². The molecule has 2 aromatic rings. The second-order valence-electron chi connectivity index (χ2n) is 4.26. The fraction of sp³-hybridized carbons (Fsp3) is 0.357. The predicted octanol–water partition coefficient (Wildman–Crippen LogP) is 3.14. The molecule has 0 N–H and O–H groups in total. The molecular formula is C14H16N2OS. The maximum Gasteiger partial charge on any atom is 0.180 e. The summed E-state index contributed by atoms with van der Waals surface area (Å²) in [5.74, 6) is 0.106. The number of Topliss-reactive ketones (excluding diaryl/α,β-unsaturated/α-hetero) is 1. The lowest BCUT2D eigenvalue weighted by atomic mass is 10.1. The molecule has 0 unspecified atom stereocenters. The summed E-state index contributed by atoms with van der Waals surface area (Å²) in [5.41, 5.74) is 2.84. The monoisotopic (exact) mass is 260 g/mol. The number of hydrogen-bond donors (Lipinski definition) is 0. The summed E-state index contributed by atoms with van der Waals surface area (Å²) in [6.45, 7) is 5.89. The number of pyridine rings is 1. The van der Waals surface area contributed by atoms with E-state index in [0.717, 1.165) is 27.7 Å². The Labute approximate surface area is 111 Å². The van der Waals surface area contributed by atoms with Gasteiger partial charge in [-0.15, -0.1) is 11.3 Å². The predicted molar refractivity (Wildman–Crippen MR) is 73.2 cm³/mol. The van der Waals surface area contributed by atoms with Gasteiger partial charge < -0.3 is 0 Å².